The summed E-state index contributed by atoms with van der Waals surface area (Å²) in [5.41, 5.74) is 15.6. The molecule has 0 bridgehead atoms. The molecule has 1 radical (unpaired) electrons. The topological polar surface area (TPSA) is 34.4 Å². The Morgan fingerprint density at radius 1 is 0.603 bits per heavy atom. The first kappa shape index (κ1) is 43.7. The van der Waals surface area contributed by atoms with Crippen molar-refractivity contribution in [3.8, 4) is 33.4 Å². The van der Waals surface area contributed by atoms with Gasteiger partial charge in [0.25, 0.3) is 5.56 Å². The van der Waals surface area contributed by atoms with Gasteiger partial charge in [-0.15, -0.1) is 23.1 Å². The normalized spacial score (nSPS) is 15.5. The maximum atomic E-state index is 14.0. The SMILES string of the molecule is Cc1c[c-]c2c(ccn3c4c(c(=O)nc23)C(C)(C)CC4(C)C)c1-c1cc(-c2cc(C(C)(C)C)cc(C(C)(C)C)c2)cc(-c2cc(C(C)(C)C)cc(C(C)(C)C)c2)c1.[Ir]. The van der Waals surface area contributed by atoms with Crippen molar-refractivity contribution < 1.29 is 20.1 Å². The van der Waals surface area contributed by atoms with Crippen LogP contribution in [0.3, 0.4) is 0 Å². The van der Waals surface area contributed by atoms with Gasteiger partial charge < -0.3 is 4.40 Å². The molecule has 1 aliphatic rings. The molecule has 3 nitrogen and oxygen atoms in total. The van der Waals surface area contributed by atoms with E-state index >= 15 is 0 Å². The molecule has 4 heteroatoms. The van der Waals surface area contributed by atoms with Crippen molar-refractivity contribution in [2.45, 2.75) is 157 Å². The zero-order chi connectivity index (χ0) is 42.0. The molecular weight excluding hydrogens is 885 g/mol. The fourth-order valence-corrected chi connectivity index (χ4v) is 9.38. The molecule has 7 rings (SSSR count). The van der Waals surface area contributed by atoms with E-state index in [1.54, 1.807) is 0 Å². The molecule has 0 N–H and O–H groups in total. The van der Waals surface area contributed by atoms with Gasteiger partial charge in [-0.1, -0.05) is 171 Å². The second-order valence-corrected chi connectivity index (χ2v) is 22.6. The monoisotopic (exact) mass is 950 g/mol. The van der Waals surface area contributed by atoms with Crippen molar-refractivity contribution in [1.29, 1.82) is 0 Å². The molecule has 4 aromatic carbocycles. The Hall–Kier alpha value is -3.85. The molecule has 2 aromatic heterocycles. The predicted molar refractivity (Wildman–Crippen MR) is 244 cm³/mol. The van der Waals surface area contributed by atoms with E-state index in [1.807, 2.05) is 0 Å². The van der Waals surface area contributed by atoms with E-state index in [4.69, 9.17) is 4.98 Å². The standard InChI is InChI=1S/C54H65N2O.Ir/c1-32-18-19-43-42(20-21-56-46-45(48(57)55-47(43)56)53(14,15)31-54(46,16)17)44(32)37-23-33(35-25-38(49(2,3)4)29-39(26-35)50(5,6)7)22-34(24-37)36-27-40(51(8,9)10)30-41(28-36)52(11,12)13;/h18,20-30H,31H2,1-17H3;/q-1;. The van der Waals surface area contributed by atoms with Crippen LogP contribution in [-0.4, -0.2) is 9.38 Å². The number of rotatable bonds is 3. The van der Waals surface area contributed by atoms with Crippen LogP contribution in [0.15, 0.2) is 77.7 Å². The first-order valence-corrected chi connectivity index (χ1v) is 21.0. The van der Waals surface area contributed by atoms with Gasteiger partial charge in [-0.25, -0.2) is 4.98 Å². The third-order valence-corrected chi connectivity index (χ3v) is 12.5. The van der Waals surface area contributed by atoms with Gasteiger partial charge in [0.15, 0.2) is 0 Å². The molecule has 0 atom stereocenters. The molecule has 0 spiro atoms. The molecular formula is C54H65IrN2O-. The van der Waals surface area contributed by atoms with Gasteiger partial charge in [-0.2, -0.15) is 0 Å². The van der Waals surface area contributed by atoms with Crippen LogP contribution in [0.25, 0.3) is 49.8 Å². The summed E-state index contributed by atoms with van der Waals surface area (Å²) in [5.74, 6) is 0. The minimum Gasteiger partial charge on any atom is -0.345 e. The number of hydrogen-bond acceptors (Lipinski definition) is 2. The first-order chi connectivity index (χ1) is 26.1. The summed E-state index contributed by atoms with van der Waals surface area (Å²) in [4.78, 5) is 18.8. The van der Waals surface area contributed by atoms with Crippen molar-refractivity contribution in [3.63, 3.8) is 0 Å². The Kier molecular flexibility index (Phi) is 10.6. The Labute approximate surface area is 362 Å². The van der Waals surface area contributed by atoms with Gasteiger partial charge in [-0.05, 0) is 108 Å². The van der Waals surface area contributed by atoms with Crippen LogP contribution in [0.1, 0.15) is 156 Å². The molecule has 58 heavy (non-hydrogen) atoms. The Balaban J connectivity index is 0.00000567. The number of pyridine rings is 1. The van der Waals surface area contributed by atoms with Gasteiger partial charge in [-0.3, -0.25) is 4.79 Å². The van der Waals surface area contributed by atoms with Gasteiger partial charge in [0, 0.05) is 36.8 Å². The quantitative estimate of drug-likeness (QED) is 0.131. The number of nitrogens with zero attached hydrogens (tertiary/aromatic N) is 2. The van der Waals surface area contributed by atoms with Crippen LogP contribution >= 0.6 is 0 Å². The Bertz CT molecular complexity index is 2500. The molecule has 0 fully saturated rings. The van der Waals surface area contributed by atoms with Crippen molar-refractivity contribution in [2.24, 2.45) is 0 Å². The molecule has 0 saturated heterocycles. The predicted octanol–water partition coefficient (Wildman–Crippen LogP) is 14.1. The second-order valence-electron chi connectivity index (χ2n) is 22.6. The van der Waals surface area contributed by atoms with Gasteiger partial charge in [0.1, 0.15) is 0 Å². The maximum Gasteiger partial charge on any atom is 0.267 e. The van der Waals surface area contributed by atoms with E-state index < -0.39 is 0 Å². The largest absolute Gasteiger partial charge is 0.345 e. The van der Waals surface area contributed by atoms with Crippen molar-refractivity contribution in [1.82, 2.24) is 9.38 Å². The molecule has 6 aromatic rings. The molecule has 2 heterocycles. The second kappa shape index (κ2) is 14.1. The fraction of sp³-hybridized carbons (Fsp3) is 0.444. The van der Waals surface area contributed by atoms with Gasteiger partial charge >= 0.3 is 0 Å². The summed E-state index contributed by atoms with van der Waals surface area (Å²) in [6.07, 6.45) is 3.05. The van der Waals surface area contributed by atoms with E-state index in [0.717, 1.165) is 45.1 Å². The molecule has 0 amide bonds. The average molecular weight is 950 g/mol. The third kappa shape index (κ3) is 7.81. The molecule has 0 unspecified atom stereocenters. The number of aromatic nitrogens is 2. The smallest absolute Gasteiger partial charge is 0.267 e. The third-order valence-electron chi connectivity index (χ3n) is 12.5. The summed E-state index contributed by atoms with van der Waals surface area (Å²) in [7, 11) is 0. The number of hydrogen-bond donors (Lipinski definition) is 0. The molecule has 0 saturated carbocycles. The van der Waals surface area contributed by atoms with Crippen LogP contribution in [0.2, 0.25) is 0 Å². The van der Waals surface area contributed by atoms with Crippen LogP contribution in [-0.2, 0) is 52.6 Å². The minimum atomic E-state index is -0.244. The van der Waals surface area contributed by atoms with E-state index in [-0.39, 0.29) is 58.2 Å². The first-order valence-electron chi connectivity index (χ1n) is 21.0. The van der Waals surface area contributed by atoms with Crippen molar-refractivity contribution >= 4 is 16.4 Å². The van der Waals surface area contributed by atoms with E-state index in [2.05, 4.69) is 201 Å². The Morgan fingerprint density at radius 3 is 1.45 bits per heavy atom. The van der Waals surface area contributed by atoms with E-state index in [0.29, 0.717) is 5.65 Å². The van der Waals surface area contributed by atoms with Gasteiger partial charge in [0.2, 0.25) is 0 Å². The maximum absolute atomic E-state index is 14.0. The summed E-state index contributed by atoms with van der Waals surface area (Å²) in [6.45, 7) is 38.8. The van der Waals surface area contributed by atoms with E-state index in [9.17, 15) is 4.79 Å². The summed E-state index contributed by atoms with van der Waals surface area (Å²) in [6, 6.07) is 29.5. The zero-order valence-electron chi connectivity index (χ0n) is 38.3. The van der Waals surface area contributed by atoms with Crippen LogP contribution in [0.4, 0.5) is 0 Å². The van der Waals surface area contributed by atoms with Crippen molar-refractivity contribution in [3.05, 3.63) is 128 Å². The fourth-order valence-electron chi connectivity index (χ4n) is 9.38. The van der Waals surface area contributed by atoms with Crippen LogP contribution in [0.5, 0.6) is 0 Å². The zero-order valence-corrected chi connectivity index (χ0v) is 40.7. The van der Waals surface area contributed by atoms with Crippen LogP contribution in [0, 0.1) is 13.0 Å². The number of fused-ring (bicyclic) bond motifs is 5. The molecule has 0 aliphatic heterocycles. The number of aryl methyl sites for hydroxylation is 1. The summed E-state index contributed by atoms with van der Waals surface area (Å²) in [5, 5.41) is 1.93. The average Bonchev–Trinajstić information content (AvgIpc) is 3.29. The van der Waals surface area contributed by atoms with Crippen LogP contribution < -0.4 is 5.56 Å². The molecule has 307 valence electrons. The minimum absolute atomic E-state index is 0. The summed E-state index contributed by atoms with van der Waals surface area (Å²) < 4.78 is 2.18. The number of benzene rings is 4. The van der Waals surface area contributed by atoms with Crippen molar-refractivity contribution in [2.75, 3.05) is 0 Å². The van der Waals surface area contributed by atoms with Gasteiger partial charge in [0.05, 0.1) is 5.65 Å². The van der Waals surface area contributed by atoms with E-state index in [1.165, 1.54) is 44.5 Å². The Morgan fingerprint density at radius 2 is 1.02 bits per heavy atom. The molecule has 1 aliphatic carbocycles. The summed E-state index contributed by atoms with van der Waals surface area (Å²) >= 11 is 0.